The Morgan fingerprint density at radius 3 is 3.10 bits per heavy atom. The molecule has 0 aliphatic carbocycles. The van der Waals surface area contributed by atoms with Gasteiger partial charge in [-0.2, -0.15) is 0 Å². The van der Waals surface area contributed by atoms with Crippen molar-refractivity contribution in [3.63, 3.8) is 0 Å². The Kier molecular flexibility index (Phi) is 4.15. The topological polar surface area (TPSA) is 41.6 Å². The summed E-state index contributed by atoms with van der Waals surface area (Å²) < 4.78 is 5.67. The largest absolute Gasteiger partial charge is 0.493 e. The second-order valence-corrected chi connectivity index (χ2v) is 6.41. The number of carbonyl (C=O) groups excluding carboxylic acids is 1. The van der Waals surface area contributed by atoms with Crippen molar-refractivity contribution >= 4 is 5.91 Å². The summed E-state index contributed by atoms with van der Waals surface area (Å²) >= 11 is 0. The fourth-order valence-corrected chi connectivity index (χ4v) is 3.41. The van der Waals surface area contributed by atoms with Gasteiger partial charge in [0.05, 0.1) is 13.0 Å². The molecule has 4 heteroatoms. The zero-order valence-corrected chi connectivity index (χ0v) is 12.7. The quantitative estimate of drug-likeness (QED) is 0.921. The molecule has 1 unspecified atom stereocenters. The van der Waals surface area contributed by atoms with Gasteiger partial charge in [0.25, 0.3) is 0 Å². The number of likely N-dealkylation sites (tertiary alicyclic amines) is 1. The van der Waals surface area contributed by atoms with Gasteiger partial charge in [-0.05, 0) is 44.0 Å². The van der Waals surface area contributed by atoms with Crippen molar-refractivity contribution in [2.45, 2.75) is 26.2 Å². The van der Waals surface area contributed by atoms with Gasteiger partial charge >= 0.3 is 0 Å². The Hall–Kier alpha value is -1.55. The maximum Gasteiger partial charge on any atom is 0.226 e. The van der Waals surface area contributed by atoms with Crippen LogP contribution in [0.2, 0.25) is 0 Å². The van der Waals surface area contributed by atoms with E-state index in [0.29, 0.717) is 18.4 Å². The molecule has 1 atom stereocenters. The third-order valence-corrected chi connectivity index (χ3v) is 4.70. The van der Waals surface area contributed by atoms with Gasteiger partial charge in [-0.15, -0.1) is 0 Å². The minimum absolute atomic E-state index is 0.228. The molecule has 3 rings (SSSR count). The zero-order valence-electron chi connectivity index (χ0n) is 12.7. The highest BCUT2D eigenvalue weighted by atomic mass is 16.5. The molecule has 1 N–H and O–H groups in total. The molecule has 2 fully saturated rings. The van der Waals surface area contributed by atoms with E-state index in [4.69, 9.17) is 4.74 Å². The molecule has 2 saturated heterocycles. The summed E-state index contributed by atoms with van der Waals surface area (Å²) in [5, 5.41) is 3.42. The van der Waals surface area contributed by atoms with Crippen molar-refractivity contribution in [3.05, 3.63) is 29.8 Å². The number of ether oxygens (including phenoxy) is 1. The normalized spacial score (nSPS) is 24.7. The van der Waals surface area contributed by atoms with Gasteiger partial charge in [0, 0.05) is 25.0 Å². The lowest BCUT2D eigenvalue weighted by Gasteiger charge is -2.22. The fraction of sp³-hybridized carbons (Fsp3) is 0.588. The van der Waals surface area contributed by atoms with Gasteiger partial charge in [-0.3, -0.25) is 4.79 Å². The average molecular weight is 288 g/mol. The molecule has 4 nitrogen and oxygen atoms in total. The SMILES string of the molecule is Cc1cccc(OCCC(=O)N2CCC3(CCNC3)C2)c1. The maximum atomic E-state index is 12.3. The molecular weight excluding hydrogens is 264 g/mol. The van der Waals surface area contributed by atoms with E-state index in [1.54, 1.807) is 0 Å². The van der Waals surface area contributed by atoms with Gasteiger partial charge in [-0.1, -0.05) is 12.1 Å². The van der Waals surface area contributed by atoms with E-state index in [0.717, 1.165) is 38.3 Å². The molecule has 114 valence electrons. The number of nitrogens with zero attached hydrogens (tertiary/aromatic N) is 1. The van der Waals surface area contributed by atoms with Gasteiger partial charge in [0.2, 0.25) is 5.91 Å². The van der Waals surface area contributed by atoms with E-state index in [2.05, 4.69) is 5.32 Å². The van der Waals surface area contributed by atoms with E-state index in [-0.39, 0.29) is 5.91 Å². The van der Waals surface area contributed by atoms with Crippen LogP contribution in [0.4, 0.5) is 0 Å². The van der Waals surface area contributed by atoms with Crippen LogP contribution in [-0.2, 0) is 4.79 Å². The second-order valence-electron chi connectivity index (χ2n) is 6.41. The van der Waals surface area contributed by atoms with Gasteiger partial charge in [-0.25, -0.2) is 0 Å². The molecule has 1 spiro atoms. The van der Waals surface area contributed by atoms with E-state index < -0.39 is 0 Å². The Labute approximate surface area is 126 Å². The number of hydrogen-bond donors (Lipinski definition) is 1. The molecule has 2 aliphatic rings. The first-order valence-corrected chi connectivity index (χ1v) is 7.85. The van der Waals surface area contributed by atoms with Gasteiger partial charge in [0.15, 0.2) is 0 Å². The summed E-state index contributed by atoms with van der Waals surface area (Å²) in [6.07, 6.45) is 2.82. The summed E-state index contributed by atoms with van der Waals surface area (Å²) in [5.41, 5.74) is 1.53. The molecule has 1 aromatic rings. The lowest BCUT2D eigenvalue weighted by molar-refractivity contribution is -0.131. The van der Waals surface area contributed by atoms with E-state index in [1.807, 2.05) is 36.1 Å². The minimum Gasteiger partial charge on any atom is -0.493 e. The highest BCUT2D eigenvalue weighted by molar-refractivity contribution is 5.76. The number of carbonyl (C=O) groups is 1. The smallest absolute Gasteiger partial charge is 0.226 e. The number of nitrogens with one attached hydrogen (secondary N) is 1. The van der Waals surface area contributed by atoms with E-state index in [9.17, 15) is 4.79 Å². The number of aryl methyl sites for hydroxylation is 1. The van der Waals surface area contributed by atoms with Crippen LogP contribution >= 0.6 is 0 Å². The fourth-order valence-electron chi connectivity index (χ4n) is 3.41. The van der Waals surface area contributed by atoms with Crippen LogP contribution in [0.3, 0.4) is 0 Å². The standard InChI is InChI=1S/C17H24N2O2/c1-14-3-2-4-15(11-14)21-10-5-16(20)19-9-7-17(13-19)6-8-18-12-17/h2-4,11,18H,5-10,12-13H2,1H3. The summed E-state index contributed by atoms with van der Waals surface area (Å²) in [6.45, 7) is 6.49. The molecule has 0 radical (unpaired) electrons. The van der Waals surface area contributed by atoms with Crippen LogP contribution in [0.5, 0.6) is 5.75 Å². The Morgan fingerprint density at radius 1 is 1.43 bits per heavy atom. The average Bonchev–Trinajstić information content (AvgIpc) is 3.10. The predicted octanol–water partition coefficient (Wildman–Crippen LogP) is 1.98. The maximum absolute atomic E-state index is 12.3. The first kappa shape index (κ1) is 14.4. The monoisotopic (exact) mass is 288 g/mol. The number of hydrogen-bond acceptors (Lipinski definition) is 3. The summed E-state index contributed by atoms with van der Waals surface area (Å²) in [6, 6.07) is 7.95. The second kappa shape index (κ2) is 6.06. The third-order valence-electron chi connectivity index (χ3n) is 4.70. The van der Waals surface area contributed by atoms with Gasteiger partial charge in [0.1, 0.15) is 5.75 Å². The molecule has 0 bridgehead atoms. The number of rotatable bonds is 4. The molecule has 2 aliphatic heterocycles. The van der Waals surface area contributed by atoms with Crippen molar-refractivity contribution < 1.29 is 9.53 Å². The molecule has 0 saturated carbocycles. The summed E-state index contributed by atoms with van der Waals surface area (Å²) in [7, 11) is 0. The molecule has 1 aromatic carbocycles. The van der Waals surface area contributed by atoms with Crippen molar-refractivity contribution in [1.29, 1.82) is 0 Å². The highest BCUT2D eigenvalue weighted by Crippen LogP contribution is 2.36. The highest BCUT2D eigenvalue weighted by Gasteiger charge is 2.41. The molecule has 1 amide bonds. The minimum atomic E-state index is 0.228. The molecule has 0 aromatic heterocycles. The molecular formula is C17H24N2O2. The Bertz CT molecular complexity index is 509. The van der Waals surface area contributed by atoms with Crippen LogP contribution in [-0.4, -0.2) is 43.6 Å². The van der Waals surface area contributed by atoms with Crippen molar-refractivity contribution in [3.8, 4) is 5.75 Å². The van der Waals surface area contributed by atoms with E-state index >= 15 is 0 Å². The summed E-state index contributed by atoms with van der Waals surface area (Å²) in [4.78, 5) is 14.3. The van der Waals surface area contributed by atoms with Crippen molar-refractivity contribution in [2.75, 3.05) is 32.8 Å². The van der Waals surface area contributed by atoms with E-state index in [1.165, 1.54) is 12.0 Å². The lowest BCUT2D eigenvalue weighted by Crippen LogP contribution is -2.33. The Balaban J connectivity index is 1.44. The third kappa shape index (κ3) is 3.38. The van der Waals surface area contributed by atoms with Crippen LogP contribution in [0.15, 0.2) is 24.3 Å². The van der Waals surface area contributed by atoms with Crippen LogP contribution in [0.25, 0.3) is 0 Å². The summed E-state index contributed by atoms with van der Waals surface area (Å²) in [5.74, 6) is 1.08. The van der Waals surface area contributed by atoms with Crippen molar-refractivity contribution in [2.24, 2.45) is 5.41 Å². The van der Waals surface area contributed by atoms with Crippen LogP contribution < -0.4 is 10.1 Å². The molecule has 2 heterocycles. The van der Waals surface area contributed by atoms with Crippen LogP contribution in [0.1, 0.15) is 24.8 Å². The lowest BCUT2D eigenvalue weighted by atomic mass is 9.87. The number of amides is 1. The Morgan fingerprint density at radius 2 is 2.33 bits per heavy atom. The number of benzene rings is 1. The first-order chi connectivity index (χ1) is 10.2. The predicted molar refractivity (Wildman–Crippen MR) is 82.4 cm³/mol. The first-order valence-electron chi connectivity index (χ1n) is 7.85. The van der Waals surface area contributed by atoms with Crippen molar-refractivity contribution in [1.82, 2.24) is 10.2 Å². The van der Waals surface area contributed by atoms with Crippen LogP contribution in [0, 0.1) is 12.3 Å². The molecule has 21 heavy (non-hydrogen) atoms. The zero-order chi connectivity index (χ0) is 14.7. The van der Waals surface area contributed by atoms with Gasteiger partial charge < -0.3 is 15.0 Å².